The number of nitrogens with zero attached hydrogens (tertiary/aromatic N) is 1. The molecule has 0 atom stereocenters. The first-order valence-electron chi connectivity index (χ1n) is 4.25. The van der Waals surface area contributed by atoms with Crippen molar-refractivity contribution in [2.45, 2.75) is 19.8 Å². The third kappa shape index (κ3) is 6.12. The van der Waals surface area contributed by atoms with Gasteiger partial charge in [-0.05, 0) is 13.0 Å². The van der Waals surface area contributed by atoms with E-state index in [2.05, 4.69) is 0 Å². The highest BCUT2D eigenvalue weighted by atomic mass is 16.4. The van der Waals surface area contributed by atoms with Crippen LogP contribution in [0.3, 0.4) is 0 Å². The van der Waals surface area contributed by atoms with Gasteiger partial charge < -0.3 is 15.1 Å². The molecule has 0 saturated heterocycles. The van der Waals surface area contributed by atoms with Crippen molar-refractivity contribution in [2.75, 3.05) is 26.2 Å². The number of aliphatic hydroxyl groups is 1. The van der Waals surface area contributed by atoms with E-state index in [4.69, 9.17) is 10.2 Å². The lowest BCUT2D eigenvalue weighted by atomic mass is 10.3. The molecule has 0 aromatic rings. The molecule has 0 bridgehead atoms. The van der Waals surface area contributed by atoms with Crippen molar-refractivity contribution in [3.63, 3.8) is 0 Å². The zero-order valence-electron chi connectivity index (χ0n) is 7.49. The molecule has 0 rings (SSSR count). The van der Waals surface area contributed by atoms with Crippen LogP contribution in [0.2, 0.25) is 0 Å². The molecule has 0 heterocycles. The molecule has 0 aliphatic heterocycles. The Morgan fingerprint density at radius 1 is 1.42 bits per heavy atom. The predicted molar refractivity (Wildman–Crippen MR) is 46.1 cm³/mol. The van der Waals surface area contributed by atoms with Gasteiger partial charge in [0.15, 0.2) is 0 Å². The molecule has 2 N–H and O–H groups in total. The molecule has 12 heavy (non-hydrogen) atoms. The van der Waals surface area contributed by atoms with Crippen LogP contribution < -0.4 is 0 Å². The molecule has 0 saturated carbocycles. The number of carboxylic acid groups (broad SMARTS) is 1. The Kier molecular flexibility index (Phi) is 6.70. The molecule has 0 aliphatic rings. The van der Waals surface area contributed by atoms with Gasteiger partial charge in [-0.1, -0.05) is 6.92 Å². The van der Waals surface area contributed by atoms with Gasteiger partial charge in [0.05, 0.1) is 6.42 Å². The maximum absolute atomic E-state index is 10.2. The van der Waals surface area contributed by atoms with Crippen molar-refractivity contribution in [3.8, 4) is 0 Å². The normalized spacial score (nSPS) is 10.6. The summed E-state index contributed by atoms with van der Waals surface area (Å²) in [5.74, 6) is -0.766. The third-order valence-electron chi connectivity index (χ3n) is 1.72. The minimum absolute atomic E-state index is 0.170. The van der Waals surface area contributed by atoms with E-state index in [-0.39, 0.29) is 13.0 Å². The van der Waals surface area contributed by atoms with E-state index in [0.29, 0.717) is 13.0 Å². The van der Waals surface area contributed by atoms with Gasteiger partial charge in [0.2, 0.25) is 0 Å². The van der Waals surface area contributed by atoms with Crippen molar-refractivity contribution in [2.24, 2.45) is 0 Å². The summed E-state index contributed by atoms with van der Waals surface area (Å²) in [7, 11) is 0. The third-order valence-corrected chi connectivity index (χ3v) is 1.72. The van der Waals surface area contributed by atoms with Crippen molar-refractivity contribution >= 4 is 5.97 Å². The smallest absolute Gasteiger partial charge is 0.304 e. The average molecular weight is 175 g/mol. The molecule has 0 aromatic heterocycles. The maximum atomic E-state index is 10.2. The summed E-state index contributed by atoms with van der Waals surface area (Å²) >= 11 is 0. The van der Waals surface area contributed by atoms with Crippen LogP contribution in [-0.2, 0) is 4.79 Å². The van der Waals surface area contributed by atoms with Crippen molar-refractivity contribution in [1.82, 2.24) is 4.90 Å². The number of hydrogen-bond donors (Lipinski definition) is 2. The summed E-state index contributed by atoms with van der Waals surface area (Å²) in [4.78, 5) is 12.2. The highest BCUT2D eigenvalue weighted by Crippen LogP contribution is 1.93. The lowest BCUT2D eigenvalue weighted by molar-refractivity contribution is -0.137. The van der Waals surface area contributed by atoms with Crippen molar-refractivity contribution in [3.05, 3.63) is 0 Å². The van der Waals surface area contributed by atoms with Crippen LogP contribution in [0.1, 0.15) is 19.8 Å². The molecule has 0 unspecified atom stereocenters. The molecule has 0 fully saturated rings. The Balaban J connectivity index is 3.45. The van der Waals surface area contributed by atoms with Gasteiger partial charge in [-0.25, -0.2) is 0 Å². The zero-order valence-corrected chi connectivity index (χ0v) is 7.49. The Labute approximate surface area is 72.8 Å². The fourth-order valence-corrected chi connectivity index (χ4v) is 0.976. The standard InChI is InChI=1S/C8H17NO3/c1-2-9(5-3-7-10)6-4-8(11)12/h10H,2-7H2,1H3,(H,11,12). The van der Waals surface area contributed by atoms with Gasteiger partial charge in [-0.2, -0.15) is 0 Å². The summed E-state index contributed by atoms with van der Waals surface area (Å²) in [6.45, 7) is 4.35. The van der Waals surface area contributed by atoms with E-state index in [0.717, 1.165) is 13.1 Å². The highest BCUT2D eigenvalue weighted by Gasteiger charge is 2.03. The first kappa shape index (κ1) is 11.4. The number of aliphatic carboxylic acids is 1. The lowest BCUT2D eigenvalue weighted by Gasteiger charge is -2.18. The molecule has 4 heteroatoms. The Bertz CT molecular complexity index is 127. The quantitative estimate of drug-likeness (QED) is 0.579. The summed E-state index contributed by atoms with van der Waals surface area (Å²) in [6, 6.07) is 0. The highest BCUT2D eigenvalue weighted by molar-refractivity contribution is 5.66. The van der Waals surface area contributed by atoms with E-state index in [1.807, 2.05) is 11.8 Å². The molecular weight excluding hydrogens is 158 g/mol. The van der Waals surface area contributed by atoms with Crippen molar-refractivity contribution < 1.29 is 15.0 Å². The number of rotatable bonds is 7. The fourth-order valence-electron chi connectivity index (χ4n) is 0.976. The van der Waals surface area contributed by atoms with E-state index < -0.39 is 5.97 Å². The lowest BCUT2D eigenvalue weighted by Crippen LogP contribution is -2.27. The van der Waals surface area contributed by atoms with Gasteiger partial charge in [0.25, 0.3) is 0 Å². The zero-order chi connectivity index (χ0) is 9.40. The Morgan fingerprint density at radius 3 is 2.50 bits per heavy atom. The molecule has 0 amide bonds. The van der Waals surface area contributed by atoms with Gasteiger partial charge in [0.1, 0.15) is 0 Å². The van der Waals surface area contributed by atoms with E-state index in [9.17, 15) is 4.79 Å². The largest absolute Gasteiger partial charge is 0.481 e. The fraction of sp³-hybridized carbons (Fsp3) is 0.875. The van der Waals surface area contributed by atoms with Crippen molar-refractivity contribution in [1.29, 1.82) is 0 Å². The molecular formula is C8H17NO3. The van der Waals surface area contributed by atoms with Crippen LogP contribution in [0.25, 0.3) is 0 Å². The van der Waals surface area contributed by atoms with Crippen LogP contribution in [0, 0.1) is 0 Å². The first-order chi connectivity index (χ1) is 5.70. The van der Waals surface area contributed by atoms with Gasteiger partial charge in [0, 0.05) is 19.7 Å². The summed E-state index contributed by atoms with van der Waals surface area (Å²) in [6.07, 6.45) is 0.896. The molecule has 4 nitrogen and oxygen atoms in total. The summed E-state index contributed by atoms with van der Waals surface area (Å²) in [5, 5.41) is 17.0. The predicted octanol–water partition coefficient (Wildman–Crippen LogP) is 0.165. The van der Waals surface area contributed by atoms with Gasteiger partial charge in [-0.15, -0.1) is 0 Å². The number of hydrogen-bond acceptors (Lipinski definition) is 3. The summed E-state index contributed by atoms with van der Waals surface area (Å²) < 4.78 is 0. The average Bonchev–Trinajstić information content (AvgIpc) is 2.05. The Hall–Kier alpha value is -0.610. The molecule has 0 spiro atoms. The maximum Gasteiger partial charge on any atom is 0.304 e. The number of carbonyl (C=O) groups is 1. The second kappa shape index (κ2) is 7.06. The van der Waals surface area contributed by atoms with E-state index >= 15 is 0 Å². The monoisotopic (exact) mass is 175 g/mol. The van der Waals surface area contributed by atoms with Crippen LogP contribution in [-0.4, -0.2) is 47.3 Å². The Morgan fingerprint density at radius 2 is 2.08 bits per heavy atom. The van der Waals surface area contributed by atoms with Crippen LogP contribution in [0.4, 0.5) is 0 Å². The topological polar surface area (TPSA) is 60.8 Å². The molecule has 0 aliphatic carbocycles. The number of carboxylic acids is 1. The first-order valence-corrected chi connectivity index (χ1v) is 4.25. The summed E-state index contributed by atoms with van der Waals surface area (Å²) in [5.41, 5.74) is 0. The SMILES string of the molecule is CCN(CCCO)CCC(=O)O. The second-order valence-electron chi connectivity index (χ2n) is 2.66. The minimum Gasteiger partial charge on any atom is -0.481 e. The van der Waals surface area contributed by atoms with Gasteiger partial charge >= 0.3 is 5.97 Å². The van der Waals surface area contributed by atoms with E-state index in [1.54, 1.807) is 0 Å². The molecule has 0 aromatic carbocycles. The van der Waals surface area contributed by atoms with Gasteiger partial charge in [-0.3, -0.25) is 4.79 Å². The number of aliphatic hydroxyl groups excluding tert-OH is 1. The molecule has 0 radical (unpaired) electrons. The minimum atomic E-state index is -0.766. The molecule has 72 valence electrons. The second-order valence-corrected chi connectivity index (χ2v) is 2.66. The van der Waals surface area contributed by atoms with E-state index in [1.165, 1.54) is 0 Å². The van der Waals surface area contributed by atoms with Crippen LogP contribution in [0.15, 0.2) is 0 Å². The van der Waals surface area contributed by atoms with Crippen LogP contribution in [0.5, 0.6) is 0 Å². The van der Waals surface area contributed by atoms with Crippen LogP contribution >= 0.6 is 0 Å².